The summed E-state index contributed by atoms with van der Waals surface area (Å²) in [7, 11) is 3.27. The van der Waals surface area contributed by atoms with Gasteiger partial charge in [0.2, 0.25) is 18.7 Å². The predicted molar refractivity (Wildman–Crippen MR) is 107 cm³/mol. The highest BCUT2D eigenvalue weighted by molar-refractivity contribution is 5.62. The summed E-state index contributed by atoms with van der Waals surface area (Å²) in [6, 6.07) is 11.5. The molecule has 4 rings (SSSR count). The van der Waals surface area contributed by atoms with Crippen molar-refractivity contribution in [2.75, 3.05) is 27.4 Å². The van der Waals surface area contributed by atoms with Crippen molar-refractivity contribution in [3.05, 3.63) is 58.9 Å². The summed E-state index contributed by atoms with van der Waals surface area (Å²) in [5, 5.41) is 14.9. The highest BCUT2D eigenvalue weighted by atomic mass is 16.7. The maximum absolute atomic E-state index is 11.3. The molecule has 29 heavy (non-hydrogen) atoms. The number of nitrogens with zero attached hydrogens (tertiary/aromatic N) is 3. The third kappa shape index (κ3) is 3.48. The number of pyridine rings is 1. The van der Waals surface area contributed by atoms with Crippen LogP contribution in [-0.2, 0) is 20.9 Å². The van der Waals surface area contributed by atoms with Gasteiger partial charge >= 0.3 is 0 Å². The molecule has 0 amide bonds. The number of rotatable bonds is 7. The molecule has 1 aromatic carbocycles. The van der Waals surface area contributed by atoms with E-state index < -0.39 is 12.4 Å². The van der Waals surface area contributed by atoms with Gasteiger partial charge in [-0.3, -0.25) is 0 Å². The lowest BCUT2D eigenvalue weighted by Crippen LogP contribution is -2.55. The highest BCUT2D eigenvalue weighted by Gasteiger charge is 2.60. The number of fused-ring (bicyclic) bond motifs is 3. The van der Waals surface area contributed by atoms with Crippen LogP contribution in [0.15, 0.2) is 41.4 Å². The summed E-state index contributed by atoms with van der Waals surface area (Å²) in [5.74, 6) is 0. The van der Waals surface area contributed by atoms with Crippen molar-refractivity contribution >= 4 is 12.0 Å². The van der Waals surface area contributed by atoms with Crippen molar-refractivity contribution in [2.24, 2.45) is 4.99 Å². The Bertz CT molecular complexity index is 892. The minimum Gasteiger partial charge on any atom is -0.382 e. The zero-order chi connectivity index (χ0) is 20.4. The Kier molecular flexibility index (Phi) is 5.73. The van der Waals surface area contributed by atoms with Crippen molar-refractivity contribution in [1.29, 1.82) is 0 Å². The molecule has 0 saturated carbocycles. The standard InChI is InChI=1S/C21H27N4O4/c1-14-11-16-19(23-17(14)12-28-3)20-24-18(15-7-5-4-6-8-15)21(26)25(20,13-22-16)29-10-9-27-2/h4-8,11,13,18,20-21,24,26H,9-10,12H2,1-3H3/q+1/t18-,20?,21-,25+/m1/s1. The number of quaternary nitrogens is 1. The largest absolute Gasteiger partial charge is 0.382 e. The number of hydroxylamine groups is 3. The van der Waals surface area contributed by atoms with Gasteiger partial charge in [-0.05, 0) is 24.1 Å². The van der Waals surface area contributed by atoms with E-state index in [1.807, 2.05) is 43.3 Å². The minimum absolute atomic E-state index is 0.196. The molecule has 154 valence electrons. The van der Waals surface area contributed by atoms with E-state index in [2.05, 4.69) is 10.3 Å². The number of nitrogens with one attached hydrogen (secondary N) is 1. The summed E-state index contributed by atoms with van der Waals surface area (Å²) in [6.45, 7) is 3.12. The zero-order valence-electron chi connectivity index (χ0n) is 16.9. The molecule has 3 heterocycles. The molecule has 1 aromatic heterocycles. The quantitative estimate of drug-likeness (QED) is 0.549. The fourth-order valence-corrected chi connectivity index (χ4v) is 3.95. The molecule has 2 aromatic rings. The average Bonchev–Trinajstić information content (AvgIpc) is 3.03. The summed E-state index contributed by atoms with van der Waals surface area (Å²) in [5.41, 5.74) is 4.34. The Morgan fingerprint density at radius 1 is 1.14 bits per heavy atom. The number of methoxy groups -OCH3 is 2. The zero-order valence-corrected chi connectivity index (χ0v) is 16.9. The van der Waals surface area contributed by atoms with Gasteiger partial charge in [0.1, 0.15) is 18.3 Å². The van der Waals surface area contributed by atoms with Crippen LogP contribution < -0.4 is 5.32 Å². The average molecular weight is 399 g/mol. The van der Waals surface area contributed by atoms with Crippen LogP contribution in [-0.4, -0.2) is 54.7 Å². The van der Waals surface area contributed by atoms with Crippen molar-refractivity contribution < 1.29 is 24.1 Å². The van der Waals surface area contributed by atoms with Crippen LogP contribution in [0.3, 0.4) is 0 Å². The maximum atomic E-state index is 11.3. The summed E-state index contributed by atoms with van der Waals surface area (Å²) < 4.78 is 10.3. The van der Waals surface area contributed by atoms with Crippen LogP contribution in [0.25, 0.3) is 0 Å². The van der Waals surface area contributed by atoms with Crippen LogP contribution >= 0.6 is 0 Å². The molecule has 1 unspecified atom stereocenters. The second-order valence-electron chi connectivity index (χ2n) is 7.29. The number of ether oxygens (including phenoxy) is 2. The molecular formula is C21H27N4O4+. The topological polar surface area (TPSA) is 85.2 Å². The van der Waals surface area contributed by atoms with Gasteiger partial charge < -0.3 is 14.6 Å². The molecule has 1 fully saturated rings. The minimum atomic E-state index is -0.898. The normalized spacial score (nSPS) is 27.7. The van der Waals surface area contributed by atoms with Crippen molar-refractivity contribution in [3.63, 3.8) is 0 Å². The predicted octanol–water partition coefficient (Wildman–Crippen LogP) is 2.27. The molecule has 2 aliphatic rings. The Morgan fingerprint density at radius 2 is 1.93 bits per heavy atom. The van der Waals surface area contributed by atoms with E-state index in [-0.39, 0.29) is 10.7 Å². The second kappa shape index (κ2) is 8.27. The van der Waals surface area contributed by atoms with E-state index >= 15 is 0 Å². The third-order valence-electron chi connectivity index (χ3n) is 5.46. The van der Waals surface area contributed by atoms with Crippen LogP contribution in [0, 0.1) is 6.92 Å². The molecule has 0 aliphatic carbocycles. The summed E-state index contributed by atoms with van der Waals surface area (Å²) in [4.78, 5) is 15.6. The Labute approximate surface area is 170 Å². The van der Waals surface area contributed by atoms with E-state index in [0.29, 0.717) is 19.8 Å². The molecule has 1 saturated heterocycles. The first-order valence-corrected chi connectivity index (χ1v) is 9.66. The third-order valence-corrected chi connectivity index (χ3v) is 5.46. The molecule has 2 aliphatic heterocycles. The Hall–Kier alpha value is -2.20. The van der Waals surface area contributed by atoms with Gasteiger partial charge in [-0.25, -0.2) is 10.3 Å². The second-order valence-corrected chi connectivity index (χ2v) is 7.29. The lowest BCUT2D eigenvalue weighted by atomic mass is 10.1. The number of aliphatic hydroxyl groups excluding tert-OH is 1. The first-order valence-electron chi connectivity index (χ1n) is 9.66. The SMILES string of the molecule is COCCO[N@@+]12C=Nc3cc(C)c(COC)nc3C1N[C@H](c1ccccc1)[C@H]2O. The van der Waals surface area contributed by atoms with E-state index in [1.165, 1.54) is 0 Å². The lowest BCUT2D eigenvalue weighted by molar-refractivity contribution is -1.08. The van der Waals surface area contributed by atoms with E-state index in [9.17, 15) is 5.11 Å². The highest BCUT2D eigenvalue weighted by Crippen LogP contribution is 2.46. The lowest BCUT2D eigenvalue weighted by Gasteiger charge is -2.36. The van der Waals surface area contributed by atoms with Crippen LogP contribution in [0.4, 0.5) is 5.69 Å². The number of aliphatic hydroxyl groups is 1. The maximum Gasteiger partial charge on any atom is 0.248 e. The molecule has 0 radical (unpaired) electrons. The van der Waals surface area contributed by atoms with E-state index in [4.69, 9.17) is 19.3 Å². The Morgan fingerprint density at radius 3 is 2.66 bits per heavy atom. The molecule has 4 atom stereocenters. The van der Waals surface area contributed by atoms with Crippen molar-refractivity contribution in [3.8, 4) is 0 Å². The van der Waals surface area contributed by atoms with Gasteiger partial charge in [-0.1, -0.05) is 35.0 Å². The fourth-order valence-electron chi connectivity index (χ4n) is 3.95. The summed E-state index contributed by atoms with van der Waals surface area (Å²) in [6.07, 6.45) is 0.362. The van der Waals surface area contributed by atoms with Crippen LogP contribution in [0.1, 0.15) is 34.7 Å². The molecule has 0 bridgehead atoms. The fraction of sp³-hybridized carbons (Fsp3) is 0.429. The van der Waals surface area contributed by atoms with Crippen LogP contribution in [0.2, 0.25) is 0 Å². The number of hydrogen-bond acceptors (Lipinski definition) is 7. The van der Waals surface area contributed by atoms with E-state index in [0.717, 1.165) is 28.2 Å². The summed E-state index contributed by atoms with van der Waals surface area (Å²) >= 11 is 0. The number of aromatic nitrogens is 1. The van der Waals surface area contributed by atoms with Gasteiger partial charge in [0.15, 0.2) is 0 Å². The first kappa shape index (κ1) is 20.1. The number of aliphatic imine (C=N–C) groups is 1. The molecule has 2 N–H and O–H groups in total. The smallest absolute Gasteiger partial charge is 0.248 e. The van der Waals surface area contributed by atoms with Crippen molar-refractivity contribution in [1.82, 2.24) is 10.3 Å². The Balaban J connectivity index is 1.78. The van der Waals surface area contributed by atoms with Gasteiger partial charge in [-0.15, -0.1) is 0 Å². The number of hydrogen-bond donors (Lipinski definition) is 2. The van der Waals surface area contributed by atoms with Gasteiger partial charge in [-0.2, -0.15) is 9.83 Å². The van der Waals surface area contributed by atoms with Gasteiger partial charge in [0.25, 0.3) is 0 Å². The van der Waals surface area contributed by atoms with Gasteiger partial charge in [0, 0.05) is 14.2 Å². The molecular weight excluding hydrogens is 372 g/mol. The molecule has 8 heteroatoms. The number of aryl methyl sites for hydroxylation is 1. The number of benzene rings is 1. The molecule has 0 spiro atoms. The van der Waals surface area contributed by atoms with Crippen LogP contribution in [0.5, 0.6) is 0 Å². The van der Waals surface area contributed by atoms with E-state index in [1.54, 1.807) is 20.6 Å². The first-order chi connectivity index (χ1) is 14.1. The molecule has 8 nitrogen and oxygen atoms in total. The monoisotopic (exact) mass is 399 g/mol. The van der Waals surface area contributed by atoms with Crippen molar-refractivity contribution in [2.45, 2.75) is 32.0 Å². The van der Waals surface area contributed by atoms with Gasteiger partial charge in [0.05, 0.1) is 24.6 Å².